The Labute approximate surface area is 183 Å². The van der Waals surface area contributed by atoms with Gasteiger partial charge in [-0.05, 0) is 48.8 Å². The zero-order valence-corrected chi connectivity index (χ0v) is 18.2. The number of benzene rings is 1. The first kappa shape index (κ1) is 20.5. The van der Waals surface area contributed by atoms with Crippen molar-refractivity contribution < 1.29 is 13.2 Å². The number of thiophene rings is 1. The van der Waals surface area contributed by atoms with E-state index in [0.29, 0.717) is 21.0 Å². The van der Waals surface area contributed by atoms with E-state index in [9.17, 15) is 13.2 Å². The maximum atomic E-state index is 12.8. The highest BCUT2D eigenvalue weighted by atomic mass is 32.1. The Hall–Kier alpha value is -2.35. The topological polar surface area (TPSA) is 32.3 Å². The lowest BCUT2D eigenvalue weighted by Gasteiger charge is -2.46. The number of halogens is 3. The summed E-state index contributed by atoms with van der Waals surface area (Å²) in [5, 5.41) is 0.753. The summed E-state index contributed by atoms with van der Waals surface area (Å²) in [7, 11) is 2.15. The van der Waals surface area contributed by atoms with Gasteiger partial charge < -0.3 is 9.80 Å². The van der Waals surface area contributed by atoms with Gasteiger partial charge in [0.2, 0.25) is 0 Å². The molecule has 1 saturated carbocycles. The van der Waals surface area contributed by atoms with Crippen LogP contribution in [0, 0.1) is 11.3 Å². The van der Waals surface area contributed by atoms with E-state index >= 15 is 0 Å². The Morgan fingerprint density at radius 2 is 1.97 bits per heavy atom. The Morgan fingerprint density at radius 3 is 2.71 bits per heavy atom. The van der Waals surface area contributed by atoms with Crippen LogP contribution in [-0.2, 0) is 6.42 Å². The van der Waals surface area contributed by atoms with E-state index in [1.807, 2.05) is 6.07 Å². The van der Waals surface area contributed by atoms with Crippen LogP contribution >= 0.6 is 11.3 Å². The van der Waals surface area contributed by atoms with E-state index in [-0.39, 0.29) is 0 Å². The second kappa shape index (κ2) is 7.65. The standard InChI is InChI=1S/C23H25F3N4S/c1-29(17-5-3-2-4-6-17)13-16-10-22(11-16)7-8-30(14-22)20-19-9-18(12-23(24,25)26)31-21(19)28-15-27-20/h2-6,9,15-16H,7-8,10-14H2,1H3. The monoisotopic (exact) mass is 446 g/mol. The fourth-order valence-electron chi connectivity index (χ4n) is 5.35. The van der Waals surface area contributed by atoms with Gasteiger partial charge in [0, 0.05) is 37.2 Å². The molecular weight excluding hydrogens is 421 g/mol. The van der Waals surface area contributed by atoms with E-state index in [1.165, 1.54) is 24.9 Å². The van der Waals surface area contributed by atoms with Crippen molar-refractivity contribution in [3.05, 3.63) is 47.6 Å². The number of anilines is 2. The van der Waals surface area contributed by atoms with Gasteiger partial charge in [0.25, 0.3) is 0 Å². The summed E-state index contributed by atoms with van der Waals surface area (Å²) in [6.07, 6.45) is -0.137. The maximum Gasteiger partial charge on any atom is 0.393 e. The number of rotatable bonds is 5. The molecule has 2 aromatic heterocycles. The van der Waals surface area contributed by atoms with Crippen LogP contribution < -0.4 is 9.80 Å². The summed E-state index contributed by atoms with van der Waals surface area (Å²) in [5.41, 5.74) is 1.55. The van der Waals surface area contributed by atoms with Gasteiger partial charge in [0.15, 0.2) is 0 Å². The molecular formula is C23H25F3N4S. The highest BCUT2D eigenvalue weighted by molar-refractivity contribution is 7.18. The predicted octanol–water partition coefficient (Wildman–Crippen LogP) is 5.54. The molecule has 0 N–H and O–H groups in total. The average molecular weight is 447 g/mol. The lowest BCUT2D eigenvalue weighted by Crippen LogP contribution is -2.44. The molecule has 5 rings (SSSR count). The third kappa shape index (κ3) is 4.22. The van der Waals surface area contributed by atoms with Crippen molar-refractivity contribution in [1.82, 2.24) is 9.97 Å². The number of nitrogens with zero attached hydrogens (tertiary/aromatic N) is 4. The Bertz CT molecular complexity index is 1060. The van der Waals surface area contributed by atoms with Crippen LogP contribution in [0.5, 0.6) is 0 Å². The first-order valence-corrected chi connectivity index (χ1v) is 11.4. The minimum absolute atomic E-state index is 0.297. The SMILES string of the molecule is CN(CC1CC2(CCN(c3ncnc4sc(CC(F)(F)F)cc34)C2)C1)c1ccccc1. The van der Waals surface area contributed by atoms with Gasteiger partial charge in [-0.15, -0.1) is 11.3 Å². The molecule has 0 bridgehead atoms. The molecule has 1 spiro atoms. The Morgan fingerprint density at radius 1 is 1.19 bits per heavy atom. The number of para-hydroxylation sites is 1. The normalized spacial score (nSPS) is 23.5. The zero-order valence-electron chi connectivity index (χ0n) is 17.4. The molecule has 1 aliphatic carbocycles. The van der Waals surface area contributed by atoms with Crippen molar-refractivity contribution in [2.24, 2.45) is 11.3 Å². The molecule has 2 aliphatic rings. The largest absolute Gasteiger partial charge is 0.393 e. The van der Waals surface area contributed by atoms with Crippen LogP contribution in [0.15, 0.2) is 42.7 Å². The van der Waals surface area contributed by atoms with Crippen LogP contribution in [0.25, 0.3) is 10.2 Å². The van der Waals surface area contributed by atoms with Gasteiger partial charge in [-0.25, -0.2) is 9.97 Å². The van der Waals surface area contributed by atoms with Crippen LogP contribution in [0.2, 0.25) is 0 Å². The van der Waals surface area contributed by atoms with Crippen molar-refractivity contribution in [2.75, 3.05) is 36.5 Å². The number of fused-ring (bicyclic) bond motifs is 1. The summed E-state index contributed by atoms with van der Waals surface area (Å²) in [4.78, 5) is 14.2. The van der Waals surface area contributed by atoms with Gasteiger partial charge in [0.1, 0.15) is 17.0 Å². The highest BCUT2D eigenvalue weighted by Crippen LogP contribution is 2.53. The second-order valence-electron chi connectivity index (χ2n) is 9.08. The lowest BCUT2D eigenvalue weighted by atomic mass is 9.61. The molecule has 0 radical (unpaired) electrons. The molecule has 8 heteroatoms. The van der Waals surface area contributed by atoms with Gasteiger partial charge >= 0.3 is 6.18 Å². The molecule has 1 aromatic carbocycles. The van der Waals surface area contributed by atoms with Crippen molar-refractivity contribution in [3.8, 4) is 0 Å². The fourth-order valence-corrected chi connectivity index (χ4v) is 6.37. The average Bonchev–Trinajstić information content (AvgIpc) is 3.31. The predicted molar refractivity (Wildman–Crippen MR) is 119 cm³/mol. The van der Waals surface area contributed by atoms with E-state index in [1.54, 1.807) is 6.07 Å². The lowest BCUT2D eigenvalue weighted by molar-refractivity contribution is -0.126. The first-order valence-electron chi connectivity index (χ1n) is 10.6. The van der Waals surface area contributed by atoms with Gasteiger partial charge in [-0.2, -0.15) is 13.2 Å². The van der Waals surface area contributed by atoms with Crippen LogP contribution in [0.4, 0.5) is 24.7 Å². The third-order valence-electron chi connectivity index (χ3n) is 6.64. The maximum absolute atomic E-state index is 12.8. The molecule has 164 valence electrons. The molecule has 0 amide bonds. The smallest absolute Gasteiger partial charge is 0.374 e. The molecule has 2 fully saturated rings. The Kier molecular flexibility index (Phi) is 5.07. The van der Waals surface area contributed by atoms with Crippen LogP contribution in [-0.4, -0.2) is 42.8 Å². The van der Waals surface area contributed by atoms with Crippen molar-refractivity contribution in [2.45, 2.75) is 31.9 Å². The van der Waals surface area contributed by atoms with Gasteiger partial charge in [-0.1, -0.05) is 18.2 Å². The molecule has 0 unspecified atom stereocenters. The van der Waals surface area contributed by atoms with Crippen molar-refractivity contribution >= 4 is 33.1 Å². The van der Waals surface area contributed by atoms with Crippen molar-refractivity contribution in [3.63, 3.8) is 0 Å². The highest BCUT2D eigenvalue weighted by Gasteiger charge is 2.49. The molecule has 4 nitrogen and oxygen atoms in total. The van der Waals surface area contributed by atoms with Gasteiger partial charge in [0.05, 0.1) is 11.8 Å². The van der Waals surface area contributed by atoms with Crippen LogP contribution in [0.1, 0.15) is 24.1 Å². The van der Waals surface area contributed by atoms with E-state index in [0.717, 1.165) is 48.6 Å². The number of aromatic nitrogens is 2. The molecule has 3 heterocycles. The van der Waals surface area contributed by atoms with E-state index in [2.05, 4.69) is 51.1 Å². The zero-order chi connectivity index (χ0) is 21.6. The molecule has 1 aliphatic heterocycles. The Balaban J connectivity index is 1.25. The van der Waals surface area contributed by atoms with Gasteiger partial charge in [-0.3, -0.25) is 0 Å². The third-order valence-corrected chi connectivity index (χ3v) is 7.69. The minimum Gasteiger partial charge on any atom is -0.374 e. The number of hydrogen-bond donors (Lipinski definition) is 0. The summed E-state index contributed by atoms with van der Waals surface area (Å²) in [5.74, 6) is 1.46. The summed E-state index contributed by atoms with van der Waals surface area (Å²) >= 11 is 1.12. The van der Waals surface area contributed by atoms with E-state index < -0.39 is 12.6 Å². The summed E-state index contributed by atoms with van der Waals surface area (Å²) in [6, 6.07) is 12.1. The summed E-state index contributed by atoms with van der Waals surface area (Å²) < 4.78 is 38.5. The van der Waals surface area contributed by atoms with E-state index in [4.69, 9.17) is 0 Å². The second-order valence-corrected chi connectivity index (χ2v) is 10.2. The minimum atomic E-state index is -4.21. The fraction of sp³-hybridized carbons (Fsp3) is 0.478. The number of hydrogen-bond acceptors (Lipinski definition) is 5. The molecule has 3 aromatic rings. The number of alkyl halides is 3. The van der Waals surface area contributed by atoms with Crippen LogP contribution in [0.3, 0.4) is 0 Å². The molecule has 0 atom stereocenters. The molecule has 1 saturated heterocycles. The van der Waals surface area contributed by atoms with Crippen molar-refractivity contribution in [1.29, 1.82) is 0 Å². The summed E-state index contributed by atoms with van der Waals surface area (Å²) in [6.45, 7) is 2.88. The molecule has 31 heavy (non-hydrogen) atoms. The first-order chi connectivity index (χ1) is 14.8. The quantitative estimate of drug-likeness (QED) is 0.515.